The number of nitrogens with one attached hydrogen (secondary N) is 1. The minimum absolute atomic E-state index is 0.260. The Bertz CT molecular complexity index is 286. The molecular weight excluding hydrogens is 260 g/mol. The maximum absolute atomic E-state index is 9.60. The Labute approximate surface area is 131 Å². The summed E-state index contributed by atoms with van der Waals surface area (Å²) in [5.74, 6) is 0. The Kier molecular flexibility index (Phi) is 6.51. The number of aliphatic hydroxyl groups excluding tert-OH is 1. The van der Waals surface area contributed by atoms with Gasteiger partial charge in [0.05, 0.1) is 6.61 Å². The second-order valence-electron chi connectivity index (χ2n) is 8.41. The zero-order valence-corrected chi connectivity index (χ0v) is 14.4. The van der Waals surface area contributed by atoms with E-state index in [4.69, 9.17) is 0 Å². The molecule has 0 aromatic carbocycles. The van der Waals surface area contributed by atoms with Gasteiger partial charge in [-0.25, -0.2) is 0 Å². The highest BCUT2D eigenvalue weighted by atomic mass is 16.3. The van der Waals surface area contributed by atoms with Gasteiger partial charge in [0.1, 0.15) is 0 Å². The van der Waals surface area contributed by atoms with E-state index >= 15 is 0 Å². The van der Waals surface area contributed by atoms with Crippen molar-refractivity contribution in [2.24, 2.45) is 5.41 Å². The molecule has 2 aliphatic rings. The molecular formula is C18H36N2O. The molecule has 3 nitrogen and oxygen atoms in total. The van der Waals surface area contributed by atoms with Gasteiger partial charge < -0.3 is 15.3 Å². The molecule has 0 spiro atoms. The highest BCUT2D eigenvalue weighted by Gasteiger charge is 2.28. The van der Waals surface area contributed by atoms with Gasteiger partial charge in [0.15, 0.2) is 0 Å². The lowest BCUT2D eigenvalue weighted by molar-refractivity contribution is 0.104. The van der Waals surface area contributed by atoms with Gasteiger partial charge in [-0.15, -0.1) is 0 Å². The fourth-order valence-electron chi connectivity index (χ4n) is 4.13. The molecule has 1 atom stereocenters. The predicted molar refractivity (Wildman–Crippen MR) is 89.5 cm³/mol. The summed E-state index contributed by atoms with van der Waals surface area (Å²) in [6.07, 6.45) is 10.7. The molecule has 1 saturated heterocycles. The molecule has 2 rings (SSSR count). The van der Waals surface area contributed by atoms with Crippen molar-refractivity contribution >= 4 is 0 Å². The molecule has 0 bridgehead atoms. The summed E-state index contributed by atoms with van der Waals surface area (Å²) in [5, 5.41) is 13.3. The van der Waals surface area contributed by atoms with Crippen molar-refractivity contribution < 1.29 is 5.11 Å². The van der Waals surface area contributed by atoms with E-state index in [-0.39, 0.29) is 18.1 Å². The first kappa shape index (κ1) is 17.2. The molecule has 21 heavy (non-hydrogen) atoms. The van der Waals surface area contributed by atoms with E-state index in [1.165, 1.54) is 58.0 Å². The highest BCUT2D eigenvalue weighted by Crippen LogP contribution is 2.26. The van der Waals surface area contributed by atoms with Crippen LogP contribution in [-0.2, 0) is 0 Å². The number of piperidine rings is 1. The summed E-state index contributed by atoms with van der Waals surface area (Å²) >= 11 is 0. The number of hydrogen-bond acceptors (Lipinski definition) is 3. The third-order valence-electron chi connectivity index (χ3n) is 5.17. The van der Waals surface area contributed by atoms with Crippen molar-refractivity contribution in [2.75, 3.05) is 19.7 Å². The molecule has 2 N–H and O–H groups in total. The van der Waals surface area contributed by atoms with Crippen molar-refractivity contribution in [1.82, 2.24) is 10.2 Å². The minimum atomic E-state index is 0.260. The Morgan fingerprint density at radius 1 is 1.05 bits per heavy atom. The summed E-state index contributed by atoms with van der Waals surface area (Å²) in [4.78, 5) is 2.73. The molecule has 1 saturated carbocycles. The van der Waals surface area contributed by atoms with E-state index < -0.39 is 0 Å². The van der Waals surface area contributed by atoms with Crippen molar-refractivity contribution in [3.05, 3.63) is 0 Å². The molecule has 1 heterocycles. The standard InChI is InChI=1S/C18H36N2O/c1-18(2,3)13-16(14-21)19-15-9-11-20(12-10-15)17-7-5-4-6-8-17/h15-17,19,21H,4-14H2,1-3H3. The van der Waals surface area contributed by atoms with Gasteiger partial charge in [-0.1, -0.05) is 40.0 Å². The van der Waals surface area contributed by atoms with Crippen LogP contribution >= 0.6 is 0 Å². The Morgan fingerprint density at radius 2 is 1.67 bits per heavy atom. The molecule has 1 unspecified atom stereocenters. The minimum Gasteiger partial charge on any atom is -0.395 e. The molecule has 0 amide bonds. The van der Waals surface area contributed by atoms with Gasteiger partial charge in [0.2, 0.25) is 0 Å². The number of nitrogens with zero attached hydrogens (tertiary/aromatic N) is 1. The smallest absolute Gasteiger partial charge is 0.0584 e. The maximum Gasteiger partial charge on any atom is 0.0584 e. The van der Waals surface area contributed by atoms with Crippen LogP contribution in [0.5, 0.6) is 0 Å². The van der Waals surface area contributed by atoms with Crippen LogP contribution in [0.3, 0.4) is 0 Å². The first-order valence-electron chi connectivity index (χ1n) is 9.09. The largest absolute Gasteiger partial charge is 0.395 e. The van der Waals surface area contributed by atoms with Crippen LogP contribution < -0.4 is 5.32 Å². The van der Waals surface area contributed by atoms with E-state index in [1.807, 2.05) is 0 Å². The SMILES string of the molecule is CC(C)(C)CC(CO)NC1CCN(C2CCCCC2)CC1. The summed E-state index contributed by atoms with van der Waals surface area (Å²) in [7, 11) is 0. The second-order valence-corrected chi connectivity index (χ2v) is 8.41. The summed E-state index contributed by atoms with van der Waals surface area (Å²) < 4.78 is 0. The third-order valence-corrected chi connectivity index (χ3v) is 5.17. The van der Waals surface area contributed by atoms with E-state index in [0.717, 1.165) is 12.5 Å². The molecule has 0 radical (unpaired) electrons. The van der Waals surface area contributed by atoms with Gasteiger partial charge in [-0.3, -0.25) is 0 Å². The van der Waals surface area contributed by atoms with Crippen LogP contribution in [0.2, 0.25) is 0 Å². The number of rotatable bonds is 5. The van der Waals surface area contributed by atoms with Crippen molar-refractivity contribution in [1.29, 1.82) is 0 Å². The van der Waals surface area contributed by atoms with Crippen LogP contribution in [0.4, 0.5) is 0 Å². The lowest BCUT2D eigenvalue weighted by Crippen LogP contribution is -2.50. The predicted octanol–water partition coefficient (Wildman–Crippen LogP) is 3.17. The van der Waals surface area contributed by atoms with E-state index in [1.54, 1.807) is 0 Å². The number of aliphatic hydroxyl groups is 1. The van der Waals surface area contributed by atoms with Crippen LogP contribution in [-0.4, -0.2) is 47.8 Å². The maximum atomic E-state index is 9.60. The van der Waals surface area contributed by atoms with E-state index in [2.05, 4.69) is 31.0 Å². The Balaban J connectivity index is 1.72. The molecule has 1 aliphatic carbocycles. The fraction of sp³-hybridized carbons (Fsp3) is 1.00. The van der Waals surface area contributed by atoms with E-state index in [0.29, 0.717) is 6.04 Å². The third kappa shape index (κ3) is 5.88. The van der Waals surface area contributed by atoms with Crippen molar-refractivity contribution in [2.45, 2.75) is 90.3 Å². The second kappa shape index (κ2) is 7.94. The van der Waals surface area contributed by atoms with Gasteiger partial charge in [-0.05, 0) is 50.6 Å². The monoisotopic (exact) mass is 296 g/mol. The Morgan fingerprint density at radius 3 is 2.19 bits per heavy atom. The molecule has 1 aliphatic heterocycles. The molecule has 0 aromatic rings. The lowest BCUT2D eigenvalue weighted by Gasteiger charge is -2.40. The van der Waals surface area contributed by atoms with Gasteiger partial charge in [0, 0.05) is 18.1 Å². The average molecular weight is 296 g/mol. The van der Waals surface area contributed by atoms with Crippen LogP contribution in [0.15, 0.2) is 0 Å². The topological polar surface area (TPSA) is 35.5 Å². The zero-order valence-electron chi connectivity index (χ0n) is 14.4. The first-order chi connectivity index (χ1) is 9.98. The summed E-state index contributed by atoms with van der Waals surface area (Å²) in [6, 6.07) is 1.73. The van der Waals surface area contributed by atoms with Crippen molar-refractivity contribution in [3.63, 3.8) is 0 Å². The number of hydrogen-bond donors (Lipinski definition) is 2. The quantitative estimate of drug-likeness (QED) is 0.818. The van der Waals surface area contributed by atoms with Crippen molar-refractivity contribution in [3.8, 4) is 0 Å². The normalized spacial score (nSPS) is 25.1. The molecule has 3 heteroatoms. The highest BCUT2D eigenvalue weighted by molar-refractivity contribution is 4.86. The first-order valence-corrected chi connectivity index (χ1v) is 9.09. The summed E-state index contributed by atoms with van der Waals surface area (Å²) in [6.45, 7) is 9.52. The molecule has 2 fully saturated rings. The molecule has 124 valence electrons. The molecule has 0 aromatic heterocycles. The van der Waals surface area contributed by atoms with Crippen LogP contribution in [0.25, 0.3) is 0 Å². The summed E-state index contributed by atoms with van der Waals surface area (Å²) in [5.41, 5.74) is 0.281. The zero-order chi connectivity index (χ0) is 15.3. The Hall–Kier alpha value is -0.120. The van der Waals surface area contributed by atoms with Gasteiger partial charge in [0.25, 0.3) is 0 Å². The average Bonchev–Trinajstić information content (AvgIpc) is 2.47. The van der Waals surface area contributed by atoms with Crippen LogP contribution in [0, 0.1) is 5.41 Å². The van der Waals surface area contributed by atoms with Crippen LogP contribution in [0.1, 0.15) is 72.1 Å². The van der Waals surface area contributed by atoms with Gasteiger partial charge >= 0.3 is 0 Å². The van der Waals surface area contributed by atoms with Gasteiger partial charge in [-0.2, -0.15) is 0 Å². The number of likely N-dealkylation sites (tertiary alicyclic amines) is 1. The van der Waals surface area contributed by atoms with E-state index in [9.17, 15) is 5.11 Å². The fourth-order valence-corrected chi connectivity index (χ4v) is 4.13. The lowest BCUT2D eigenvalue weighted by atomic mass is 9.87.